The van der Waals surface area contributed by atoms with E-state index >= 15 is 0 Å². The molecule has 1 heterocycles. The number of pyridine rings is 1. The zero-order valence-corrected chi connectivity index (χ0v) is 10.6. The lowest BCUT2D eigenvalue weighted by atomic mass is 10.0. The first-order valence-electron chi connectivity index (χ1n) is 6.53. The second-order valence-corrected chi connectivity index (χ2v) is 5.31. The molecule has 2 fully saturated rings. The van der Waals surface area contributed by atoms with Gasteiger partial charge in [0.25, 0.3) is 0 Å². The number of rotatable bonds is 4. The van der Waals surface area contributed by atoms with E-state index in [9.17, 15) is 4.79 Å². The van der Waals surface area contributed by atoms with E-state index in [1.54, 1.807) is 13.3 Å². The summed E-state index contributed by atoms with van der Waals surface area (Å²) in [7, 11) is 1.60. The predicted octanol–water partition coefficient (Wildman–Crippen LogP) is 1.75. The van der Waals surface area contributed by atoms with Crippen molar-refractivity contribution in [1.82, 2.24) is 10.3 Å². The van der Waals surface area contributed by atoms with Crippen LogP contribution in [0.5, 0.6) is 5.88 Å². The maximum Gasteiger partial charge on any atom is 0.223 e. The van der Waals surface area contributed by atoms with Gasteiger partial charge in [0.2, 0.25) is 11.8 Å². The maximum atomic E-state index is 12.0. The van der Waals surface area contributed by atoms with Crippen LogP contribution < -0.4 is 10.1 Å². The van der Waals surface area contributed by atoms with Gasteiger partial charge in [-0.2, -0.15) is 0 Å². The van der Waals surface area contributed by atoms with Gasteiger partial charge in [-0.25, -0.2) is 4.98 Å². The summed E-state index contributed by atoms with van der Waals surface area (Å²) in [6.07, 6.45) is 5.20. The van der Waals surface area contributed by atoms with Gasteiger partial charge in [0.05, 0.1) is 7.11 Å². The molecule has 3 rings (SSSR count). The van der Waals surface area contributed by atoms with E-state index in [1.165, 1.54) is 6.42 Å². The number of amides is 1. The molecule has 2 aliphatic carbocycles. The van der Waals surface area contributed by atoms with E-state index in [1.807, 2.05) is 12.1 Å². The summed E-state index contributed by atoms with van der Waals surface area (Å²) >= 11 is 0. The van der Waals surface area contributed by atoms with Crippen molar-refractivity contribution in [2.24, 2.45) is 17.8 Å². The summed E-state index contributed by atoms with van der Waals surface area (Å²) in [5.41, 5.74) is 0.927. The van der Waals surface area contributed by atoms with E-state index < -0.39 is 0 Å². The van der Waals surface area contributed by atoms with Gasteiger partial charge in [-0.1, -0.05) is 6.07 Å². The smallest absolute Gasteiger partial charge is 0.223 e. The van der Waals surface area contributed by atoms with E-state index in [4.69, 9.17) is 4.74 Å². The maximum absolute atomic E-state index is 12.0. The van der Waals surface area contributed by atoms with Crippen molar-refractivity contribution in [3.05, 3.63) is 23.9 Å². The topological polar surface area (TPSA) is 51.2 Å². The number of fused-ring (bicyclic) bond motifs is 1. The molecule has 0 spiro atoms. The quantitative estimate of drug-likeness (QED) is 0.880. The first-order valence-corrected chi connectivity index (χ1v) is 6.53. The van der Waals surface area contributed by atoms with Crippen molar-refractivity contribution in [3.8, 4) is 5.88 Å². The number of carbonyl (C=O) groups excluding carboxylic acids is 1. The van der Waals surface area contributed by atoms with Gasteiger partial charge in [-0.05, 0) is 37.2 Å². The number of nitrogens with one attached hydrogen (secondary N) is 1. The molecule has 1 N–H and O–H groups in total. The second-order valence-electron chi connectivity index (χ2n) is 5.31. The molecule has 18 heavy (non-hydrogen) atoms. The molecule has 96 valence electrons. The molecule has 2 unspecified atom stereocenters. The van der Waals surface area contributed by atoms with Crippen LogP contribution in [0.15, 0.2) is 18.3 Å². The van der Waals surface area contributed by atoms with Crippen molar-refractivity contribution in [2.45, 2.75) is 25.8 Å². The van der Waals surface area contributed by atoms with Gasteiger partial charge in [0, 0.05) is 24.2 Å². The zero-order valence-electron chi connectivity index (χ0n) is 10.6. The van der Waals surface area contributed by atoms with Crippen LogP contribution in [0.3, 0.4) is 0 Å². The fraction of sp³-hybridized carbons (Fsp3) is 0.571. The molecule has 1 amide bonds. The van der Waals surface area contributed by atoms with Crippen molar-refractivity contribution in [1.29, 1.82) is 0 Å². The number of hydrogen-bond acceptors (Lipinski definition) is 3. The highest BCUT2D eigenvalue weighted by Crippen LogP contribution is 2.54. The van der Waals surface area contributed by atoms with Crippen molar-refractivity contribution < 1.29 is 9.53 Å². The van der Waals surface area contributed by atoms with Crippen LogP contribution in [-0.4, -0.2) is 18.0 Å². The number of ether oxygens (including phenoxy) is 1. The molecule has 4 heteroatoms. The zero-order chi connectivity index (χ0) is 12.5. The molecular formula is C14H18N2O2. The molecule has 2 aliphatic rings. The summed E-state index contributed by atoms with van der Waals surface area (Å²) in [5, 5.41) is 3.00. The lowest BCUT2D eigenvalue weighted by molar-refractivity contribution is -0.125. The van der Waals surface area contributed by atoms with E-state index in [0.717, 1.165) is 30.2 Å². The van der Waals surface area contributed by atoms with E-state index in [2.05, 4.69) is 10.3 Å². The Morgan fingerprint density at radius 1 is 1.44 bits per heavy atom. The van der Waals surface area contributed by atoms with Crippen molar-refractivity contribution >= 4 is 5.91 Å². The summed E-state index contributed by atoms with van der Waals surface area (Å²) in [6, 6.07) is 3.78. The molecule has 0 aliphatic heterocycles. The summed E-state index contributed by atoms with van der Waals surface area (Å²) in [5.74, 6) is 2.69. The standard InChI is InChI=1S/C14H18N2O2/c1-18-14-9(3-2-4-15-14)8-16-13(17)12-6-10-5-11(10)7-12/h2-4,10-12H,5-8H2,1H3,(H,16,17). The number of carbonyl (C=O) groups is 1. The molecule has 0 radical (unpaired) electrons. The Morgan fingerprint density at radius 2 is 2.22 bits per heavy atom. The first-order chi connectivity index (χ1) is 8.78. The molecule has 0 aromatic carbocycles. The third-order valence-corrected chi connectivity index (χ3v) is 4.11. The number of methoxy groups -OCH3 is 1. The highest BCUT2D eigenvalue weighted by molar-refractivity contribution is 5.79. The molecule has 1 aromatic heterocycles. The Kier molecular flexibility index (Phi) is 2.94. The Labute approximate surface area is 107 Å². The molecule has 1 aromatic rings. The Balaban J connectivity index is 1.55. The summed E-state index contributed by atoms with van der Waals surface area (Å²) < 4.78 is 5.16. The SMILES string of the molecule is COc1ncccc1CNC(=O)C1CC2CC2C1. The molecule has 0 bridgehead atoms. The molecule has 2 saturated carbocycles. The van der Waals surface area contributed by atoms with E-state index in [-0.39, 0.29) is 11.8 Å². The van der Waals surface area contributed by atoms with Crippen LogP contribution in [0, 0.1) is 17.8 Å². The fourth-order valence-electron chi connectivity index (χ4n) is 3.00. The normalized spacial score (nSPS) is 28.6. The molecular weight excluding hydrogens is 228 g/mol. The number of nitrogens with zero attached hydrogens (tertiary/aromatic N) is 1. The minimum atomic E-state index is 0.188. The third-order valence-electron chi connectivity index (χ3n) is 4.11. The number of aromatic nitrogens is 1. The van der Waals surface area contributed by atoms with Crippen LogP contribution in [0.2, 0.25) is 0 Å². The predicted molar refractivity (Wildman–Crippen MR) is 67.0 cm³/mol. The van der Waals surface area contributed by atoms with Crippen LogP contribution in [0.4, 0.5) is 0 Å². The minimum absolute atomic E-state index is 0.188. The summed E-state index contributed by atoms with van der Waals surface area (Å²) in [6.45, 7) is 0.502. The molecule has 0 saturated heterocycles. The van der Waals surface area contributed by atoms with Gasteiger partial charge in [-0.3, -0.25) is 4.79 Å². The van der Waals surface area contributed by atoms with Gasteiger partial charge < -0.3 is 10.1 Å². The highest BCUT2D eigenvalue weighted by atomic mass is 16.5. The van der Waals surface area contributed by atoms with Crippen LogP contribution in [0.1, 0.15) is 24.8 Å². The van der Waals surface area contributed by atoms with Gasteiger partial charge in [-0.15, -0.1) is 0 Å². The van der Waals surface area contributed by atoms with Crippen molar-refractivity contribution in [2.75, 3.05) is 7.11 Å². The Morgan fingerprint density at radius 3 is 2.94 bits per heavy atom. The van der Waals surface area contributed by atoms with Crippen molar-refractivity contribution in [3.63, 3.8) is 0 Å². The van der Waals surface area contributed by atoms with Gasteiger partial charge in [0.1, 0.15) is 0 Å². The van der Waals surface area contributed by atoms with Gasteiger partial charge in [0.15, 0.2) is 0 Å². The minimum Gasteiger partial charge on any atom is -0.481 e. The largest absolute Gasteiger partial charge is 0.481 e. The lowest BCUT2D eigenvalue weighted by Gasteiger charge is -2.13. The molecule has 4 nitrogen and oxygen atoms in total. The Hall–Kier alpha value is -1.58. The fourth-order valence-corrected chi connectivity index (χ4v) is 3.00. The first kappa shape index (κ1) is 11.5. The Bertz CT molecular complexity index is 451. The highest BCUT2D eigenvalue weighted by Gasteiger charge is 2.47. The van der Waals surface area contributed by atoms with Crippen LogP contribution in [-0.2, 0) is 11.3 Å². The summed E-state index contributed by atoms with van der Waals surface area (Å²) in [4.78, 5) is 16.1. The number of hydrogen-bond donors (Lipinski definition) is 1. The molecule has 2 atom stereocenters. The van der Waals surface area contributed by atoms with Crippen LogP contribution >= 0.6 is 0 Å². The van der Waals surface area contributed by atoms with Crippen LogP contribution in [0.25, 0.3) is 0 Å². The lowest BCUT2D eigenvalue weighted by Crippen LogP contribution is -2.29. The van der Waals surface area contributed by atoms with Gasteiger partial charge >= 0.3 is 0 Å². The average Bonchev–Trinajstić information content (AvgIpc) is 3.02. The average molecular weight is 246 g/mol. The van der Waals surface area contributed by atoms with E-state index in [0.29, 0.717) is 12.4 Å². The second kappa shape index (κ2) is 4.59. The monoisotopic (exact) mass is 246 g/mol. The third kappa shape index (κ3) is 2.19.